The van der Waals surface area contributed by atoms with Gasteiger partial charge in [-0.2, -0.15) is 0 Å². The lowest BCUT2D eigenvalue weighted by Crippen LogP contribution is -2.13. The first-order chi connectivity index (χ1) is 12.6. The molecule has 0 atom stereocenters. The smallest absolute Gasteiger partial charge is 0.258 e. The van der Waals surface area contributed by atoms with Gasteiger partial charge in [0.2, 0.25) is 0 Å². The molecule has 0 saturated carbocycles. The molecule has 0 unspecified atom stereocenters. The molecule has 0 saturated heterocycles. The van der Waals surface area contributed by atoms with Crippen molar-refractivity contribution in [2.45, 2.75) is 0 Å². The number of hydrogen-bond donors (Lipinski definition) is 2. The van der Waals surface area contributed by atoms with Crippen LogP contribution in [0.25, 0.3) is 16.6 Å². The number of benzene rings is 2. The van der Waals surface area contributed by atoms with Gasteiger partial charge in [0, 0.05) is 23.6 Å². The lowest BCUT2D eigenvalue weighted by atomic mass is 10.1. The third kappa shape index (κ3) is 2.86. The molecule has 7 heteroatoms. The van der Waals surface area contributed by atoms with Crippen LogP contribution in [0, 0.1) is 5.82 Å². The molecule has 26 heavy (non-hydrogen) atoms. The van der Waals surface area contributed by atoms with Crippen LogP contribution in [0.3, 0.4) is 0 Å². The van der Waals surface area contributed by atoms with E-state index in [2.05, 4.69) is 15.3 Å². The predicted molar refractivity (Wildman–Crippen MR) is 96.0 cm³/mol. The molecule has 0 aliphatic rings. The Kier molecular flexibility index (Phi) is 3.81. The summed E-state index contributed by atoms with van der Waals surface area (Å²) in [4.78, 5) is 30.7. The van der Waals surface area contributed by atoms with Crippen molar-refractivity contribution in [1.29, 1.82) is 0 Å². The van der Waals surface area contributed by atoms with Gasteiger partial charge in [-0.1, -0.05) is 0 Å². The highest BCUT2D eigenvalue weighted by Crippen LogP contribution is 2.18. The van der Waals surface area contributed by atoms with E-state index in [1.807, 2.05) is 0 Å². The van der Waals surface area contributed by atoms with Gasteiger partial charge >= 0.3 is 0 Å². The number of rotatable bonds is 3. The van der Waals surface area contributed by atoms with Gasteiger partial charge in [0.25, 0.3) is 11.5 Å². The Balaban J connectivity index is 1.61. The molecule has 128 valence electrons. The topological polar surface area (TPSA) is 79.8 Å². The molecule has 1 amide bonds. The van der Waals surface area contributed by atoms with E-state index in [0.717, 1.165) is 0 Å². The number of H-pyrrole nitrogens is 1. The number of aromatic amines is 1. The molecule has 0 fully saturated rings. The van der Waals surface area contributed by atoms with Gasteiger partial charge in [-0.05, 0) is 48.5 Å². The maximum absolute atomic E-state index is 14.3. The summed E-state index contributed by atoms with van der Waals surface area (Å²) >= 11 is 0. The van der Waals surface area contributed by atoms with Crippen LogP contribution in [0.5, 0.6) is 0 Å². The minimum Gasteiger partial charge on any atom is -0.322 e. The third-order valence-corrected chi connectivity index (χ3v) is 3.99. The Morgan fingerprint density at radius 3 is 2.69 bits per heavy atom. The number of amides is 1. The molecule has 2 heterocycles. The molecule has 0 spiro atoms. The van der Waals surface area contributed by atoms with E-state index in [-0.39, 0.29) is 11.1 Å². The van der Waals surface area contributed by atoms with Crippen LogP contribution in [0.2, 0.25) is 0 Å². The van der Waals surface area contributed by atoms with E-state index in [9.17, 15) is 14.0 Å². The highest BCUT2D eigenvalue weighted by Gasteiger charge is 2.11. The Labute approximate surface area is 146 Å². The molecular weight excluding hydrogens is 335 g/mol. The van der Waals surface area contributed by atoms with E-state index in [1.54, 1.807) is 53.4 Å². The molecule has 4 rings (SSSR count). The minimum absolute atomic E-state index is 0.179. The van der Waals surface area contributed by atoms with Gasteiger partial charge in [-0.3, -0.25) is 9.59 Å². The lowest BCUT2D eigenvalue weighted by Gasteiger charge is -2.09. The first-order valence-corrected chi connectivity index (χ1v) is 7.83. The van der Waals surface area contributed by atoms with E-state index in [4.69, 9.17) is 0 Å². The minimum atomic E-state index is -0.506. The first kappa shape index (κ1) is 15.8. The van der Waals surface area contributed by atoms with Crippen molar-refractivity contribution in [1.82, 2.24) is 14.5 Å². The van der Waals surface area contributed by atoms with E-state index in [0.29, 0.717) is 22.3 Å². The number of carbonyl (C=O) groups is 1. The standard InChI is InChI=1S/C19H13FN4O2/c20-15-9-12(3-6-17(15)24-7-1-2-8-24)18(25)23-13-4-5-16-14(10-13)19(26)22-11-21-16/h1-11H,(H,23,25)(H,21,22,26). The molecule has 0 radical (unpaired) electrons. The SMILES string of the molecule is O=C(Nc1ccc2nc[nH]c(=O)c2c1)c1ccc(-n2cccc2)c(F)c1. The molecule has 2 aromatic carbocycles. The quantitative estimate of drug-likeness (QED) is 0.597. The molecule has 0 aliphatic carbocycles. The Hall–Kier alpha value is -3.74. The molecular formula is C19H13FN4O2. The summed E-state index contributed by atoms with van der Waals surface area (Å²) in [5.41, 5.74) is 1.19. The van der Waals surface area contributed by atoms with Crippen molar-refractivity contribution in [2.75, 3.05) is 5.32 Å². The number of carbonyl (C=O) groups excluding carboxylic acids is 1. The zero-order chi connectivity index (χ0) is 18.1. The van der Waals surface area contributed by atoms with Crippen LogP contribution in [-0.2, 0) is 0 Å². The van der Waals surface area contributed by atoms with Gasteiger partial charge in [0.05, 0.1) is 22.9 Å². The van der Waals surface area contributed by atoms with Crippen molar-refractivity contribution in [3.05, 3.63) is 89.0 Å². The van der Waals surface area contributed by atoms with E-state index >= 15 is 0 Å². The highest BCUT2D eigenvalue weighted by molar-refractivity contribution is 6.05. The number of nitrogens with zero attached hydrogens (tertiary/aromatic N) is 2. The van der Waals surface area contributed by atoms with Gasteiger partial charge in [-0.25, -0.2) is 9.37 Å². The maximum atomic E-state index is 14.3. The normalized spacial score (nSPS) is 10.8. The van der Waals surface area contributed by atoms with Gasteiger partial charge in [0.15, 0.2) is 0 Å². The number of hydrogen-bond acceptors (Lipinski definition) is 3. The molecule has 2 aromatic heterocycles. The van der Waals surface area contributed by atoms with Crippen molar-refractivity contribution in [3.63, 3.8) is 0 Å². The van der Waals surface area contributed by atoms with Crippen molar-refractivity contribution in [3.8, 4) is 5.69 Å². The fourth-order valence-corrected chi connectivity index (χ4v) is 2.70. The third-order valence-electron chi connectivity index (χ3n) is 3.99. The van der Waals surface area contributed by atoms with Gasteiger partial charge < -0.3 is 14.9 Å². The second-order valence-corrected chi connectivity index (χ2v) is 5.67. The number of nitrogens with one attached hydrogen (secondary N) is 2. The van der Waals surface area contributed by atoms with Crippen LogP contribution in [0.4, 0.5) is 10.1 Å². The van der Waals surface area contributed by atoms with Crippen molar-refractivity contribution >= 4 is 22.5 Å². The van der Waals surface area contributed by atoms with Crippen molar-refractivity contribution in [2.24, 2.45) is 0 Å². The zero-order valence-corrected chi connectivity index (χ0v) is 13.4. The summed E-state index contributed by atoms with van der Waals surface area (Å²) in [6.07, 6.45) is 4.76. The van der Waals surface area contributed by atoms with Crippen LogP contribution >= 0.6 is 0 Å². The average molecular weight is 348 g/mol. The fourth-order valence-electron chi connectivity index (χ4n) is 2.70. The second kappa shape index (κ2) is 6.29. The van der Waals surface area contributed by atoms with Crippen LogP contribution in [0.1, 0.15) is 10.4 Å². The van der Waals surface area contributed by atoms with Crippen LogP contribution < -0.4 is 10.9 Å². The van der Waals surface area contributed by atoms with Gasteiger partial charge in [-0.15, -0.1) is 0 Å². The van der Waals surface area contributed by atoms with E-state index < -0.39 is 11.7 Å². The van der Waals surface area contributed by atoms with Crippen molar-refractivity contribution < 1.29 is 9.18 Å². The number of halogens is 1. The average Bonchev–Trinajstić information content (AvgIpc) is 3.16. The number of anilines is 1. The predicted octanol–water partition coefficient (Wildman–Crippen LogP) is 3.11. The second-order valence-electron chi connectivity index (χ2n) is 5.67. The lowest BCUT2D eigenvalue weighted by molar-refractivity contribution is 0.102. The van der Waals surface area contributed by atoms with Crippen LogP contribution in [0.15, 0.2) is 72.0 Å². The fraction of sp³-hybridized carbons (Fsp3) is 0. The van der Waals surface area contributed by atoms with Crippen LogP contribution in [-0.4, -0.2) is 20.4 Å². The summed E-state index contributed by atoms with van der Waals surface area (Å²) < 4.78 is 15.9. The molecule has 0 bridgehead atoms. The largest absolute Gasteiger partial charge is 0.322 e. The summed E-state index contributed by atoms with van der Waals surface area (Å²) in [5.74, 6) is -0.976. The summed E-state index contributed by atoms with van der Waals surface area (Å²) in [7, 11) is 0. The number of aromatic nitrogens is 3. The summed E-state index contributed by atoms with van der Waals surface area (Å²) in [6.45, 7) is 0. The molecule has 4 aromatic rings. The Morgan fingerprint density at radius 2 is 1.92 bits per heavy atom. The monoisotopic (exact) mass is 348 g/mol. The summed E-state index contributed by atoms with van der Waals surface area (Å²) in [5, 5.41) is 3.03. The highest BCUT2D eigenvalue weighted by atomic mass is 19.1. The number of fused-ring (bicyclic) bond motifs is 1. The Bertz CT molecular complexity index is 1170. The van der Waals surface area contributed by atoms with E-state index in [1.165, 1.54) is 18.5 Å². The Morgan fingerprint density at radius 1 is 1.12 bits per heavy atom. The molecule has 0 aliphatic heterocycles. The van der Waals surface area contributed by atoms with Gasteiger partial charge in [0.1, 0.15) is 5.82 Å². The maximum Gasteiger partial charge on any atom is 0.258 e. The zero-order valence-electron chi connectivity index (χ0n) is 13.4. The first-order valence-electron chi connectivity index (χ1n) is 7.83. The molecule has 6 nitrogen and oxygen atoms in total. The molecule has 2 N–H and O–H groups in total. The summed E-state index contributed by atoms with van der Waals surface area (Å²) in [6, 6.07) is 12.6.